The van der Waals surface area contributed by atoms with Gasteiger partial charge in [-0.2, -0.15) is 4.98 Å². The van der Waals surface area contributed by atoms with Crippen LogP contribution >= 0.6 is 11.6 Å². The molecule has 22 heavy (non-hydrogen) atoms. The third-order valence-electron chi connectivity index (χ3n) is 3.40. The molecule has 0 fully saturated rings. The first kappa shape index (κ1) is 16.6. The number of rotatable bonds is 7. The molecule has 1 heterocycles. The summed E-state index contributed by atoms with van der Waals surface area (Å²) in [6, 6.07) is 7.71. The van der Waals surface area contributed by atoms with E-state index in [2.05, 4.69) is 34.0 Å². The normalized spacial score (nSPS) is 10.5. The molecule has 0 aliphatic rings. The van der Waals surface area contributed by atoms with E-state index in [1.54, 1.807) is 6.20 Å². The van der Waals surface area contributed by atoms with Crippen molar-refractivity contribution in [3.05, 3.63) is 41.0 Å². The van der Waals surface area contributed by atoms with Crippen LogP contribution in [0.1, 0.15) is 32.3 Å². The van der Waals surface area contributed by atoms with Crippen LogP contribution < -0.4 is 10.2 Å². The van der Waals surface area contributed by atoms with Crippen molar-refractivity contribution in [2.75, 3.05) is 23.3 Å². The number of nitrogens with zero attached hydrogens (tertiary/aromatic N) is 3. The Kier molecular flexibility index (Phi) is 6.01. The zero-order chi connectivity index (χ0) is 15.9. The lowest BCUT2D eigenvalue weighted by atomic mass is 10.2. The molecule has 0 spiro atoms. The average Bonchev–Trinajstić information content (AvgIpc) is 2.51. The lowest BCUT2D eigenvalue weighted by Crippen LogP contribution is -2.26. The number of anilines is 3. The number of hydrogen-bond donors (Lipinski definition) is 1. The summed E-state index contributed by atoms with van der Waals surface area (Å²) >= 11 is 6.06. The van der Waals surface area contributed by atoms with Gasteiger partial charge in [-0.25, -0.2) is 4.98 Å². The fraction of sp³-hybridized carbons (Fsp3) is 0.412. The topological polar surface area (TPSA) is 41.1 Å². The highest BCUT2D eigenvalue weighted by Crippen LogP contribution is 2.23. The number of hydrogen-bond acceptors (Lipinski definition) is 4. The summed E-state index contributed by atoms with van der Waals surface area (Å²) in [5.41, 5.74) is 2.04. The number of aromatic nitrogens is 2. The predicted molar refractivity (Wildman–Crippen MR) is 94.3 cm³/mol. The van der Waals surface area contributed by atoms with Crippen LogP contribution in [0.5, 0.6) is 0 Å². The molecule has 2 aromatic rings. The minimum absolute atomic E-state index is 0.597. The highest BCUT2D eigenvalue weighted by atomic mass is 35.5. The van der Waals surface area contributed by atoms with Crippen LogP contribution in [-0.4, -0.2) is 23.1 Å². The molecule has 1 aromatic carbocycles. The van der Waals surface area contributed by atoms with E-state index in [1.165, 1.54) is 0 Å². The molecule has 4 nitrogen and oxygen atoms in total. The maximum absolute atomic E-state index is 6.06. The number of aryl methyl sites for hydroxylation is 1. The van der Waals surface area contributed by atoms with Crippen LogP contribution in [0, 0.1) is 6.92 Å². The number of benzene rings is 1. The molecule has 1 aromatic heterocycles. The summed E-state index contributed by atoms with van der Waals surface area (Å²) < 4.78 is 0. The zero-order valence-corrected chi connectivity index (χ0v) is 14.2. The Balaban J connectivity index is 2.22. The van der Waals surface area contributed by atoms with E-state index in [0.717, 1.165) is 43.0 Å². The molecule has 0 aliphatic heterocycles. The number of nitrogens with one attached hydrogen (secondary N) is 1. The Morgan fingerprint density at radius 3 is 2.55 bits per heavy atom. The molecule has 118 valence electrons. The Bertz CT molecular complexity index is 609. The van der Waals surface area contributed by atoms with E-state index in [0.29, 0.717) is 11.0 Å². The summed E-state index contributed by atoms with van der Waals surface area (Å²) in [7, 11) is 0. The molecule has 0 unspecified atom stereocenters. The SMILES string of the molecule is CCCN(CCC)c1ccnc(Nc2cc(Cl)ccc2C)n1. The van der Waals surface area contributed by atoms with Gasteiger partial charge in [0.25, 0.3) is 0 Å². The Hall–Kier alpha value is -1.81. The smallest absolute Gasteiger partial charge is 0.229 e. The van der Waals surface area contributed by atoms with Crippen LogP contribution in [-0.2, 0) is 0 Å². The highest BCUT2D eigenvalue weighted by Gasteiger charge is 2.08. The van der Waals surface area contributed by atoms with Crippen LogP contribution in [0.15, 0.2) is 30.5 Å². The molecule has 1 N–H and O–H groups in total. The van der Waals surface area contributed by atoms with E-state index < -0.39 is 0 Å². The van der Waals surface area contributed by atoms with Crippen molar-refractivity contribution in [2.45, 2.75) is 33.6 Å². The summed E-state index contributed by atoms with van der Waals surface area (Å²) in [5, 5.41) is 3.96. The van der Waals surface area contributed by atoms with Gasteiger partial charge in [0.1, 0.15) is 5.82 Å². The molecule has 0 aliphatic carbocycles. The van der Waals surface area contributed by atoms with Gasteiger partial charge in [-0.3, -0.25) is 0 Å². The molecule has 2 rings (SSSR count). The van der Waals surface area contributed by atoms with Crippen molar-refractivity contribution in [2.24, 2.45) is 0 Å². The predicted octanol–water partition coefficient (Wildman–Crippen LogP) is 4.81. The quantitative estimate of drug-likeness (QED) is 0.795. The van der Waals surface area contributed by atoms with E-state index in [4.69, 9.17) is 11.6 Å². The molecule has 0 bridgehead atoms. The first-order chi connectivity index (χ1) is 10.6. The molecule has 0 radical (unpaired) electrons. The lowest BCUT2D eigenvalue weighted by Gasteiger charge is -2.22. The van der Waals surface area contributed by atoms with Gasteiger partial charge < -0.3 is 10.2 Å². The number of halogens is 1. The van der Waals surface area contributed by atoms with Gasteiger partial charge >= 0.3 is 0 Å². The standard InChI is InChI=1S/C17H23ClN4/c1-4-10-22(11-5-2)16-8-9-19-17(21-16)20-15-12-14(18)7-6-13(15)3/h6-9,12H,4-5,10-11H2,1-3H3,(H,19,20,21). The van der Waals surface area contributed by atoms with Crippen LogP contribution in [0.2, 0.25) is 5.02 Å². The molecule has 0 saturated carbocycles. The van der Waals surface area contributed by atoms with Crippen LogP contribution in [0.3, 0.4) is 0 Å². The lowest BCUT2D eigenvalue weighted by molar-refractivity contribution is 0.733. The highest BCUT2D eigenvalue weighted by molar-refractivity contribution is 6.30. The monoisotopic (exact) mass is 318 g/mol. The van der Waals surface area contributed by atoms with Gasteiger partial charge in [0.15, 0.2) is 0 Å². The molecule has 0 atom stereocenters. The summed E-state index contributed by atoms with van der Waals surface area (Å²) in [6.45, 7) is 8.39. The fourth-order valence-corrected chi connectivity index (χ4v) is 2.49. The maximum Gasteiger partial charge on any atom is 0.229 e. The third kappa shape index (κ3) is 4.34. The third-order valence-corrected chi connectivity index (χ3v) is 3.63. The minimum Gasteiger partial charge on any atom is -0.356 e. The maximum atomic E-state index is 6.06. The van der Waals surface area contributed by atoms with Crippen molar-refractivity contribution >= 4 is 29.1 Å². The summed E-state index contributed by atoms with van der Waals surface area (Å²) in [4.78, 5) is 11.2. The van der Waals surface area contributed by atoms with Gasteiger partial charge in [-0.1, -0.05) is 31.5 Å². The largest absolute Gasteiger partial charge is 0.356 e. The second-order valence-electron chi connectivity index (χ2n) is 5.31. The second kappa shape index (κ2) is 7.99. The molecule has 0 amide bonds. The summed E-state index contributed by atoms with van der Waals surface area (Å²) in [5.74, 6) is 1.56. The van der Waals surface area contributed by atoms with E-state index in [1.807, 2.05) is 31.2 Å². The van der Waals surface area contributed by atoms with Crippen molar-refractivity contribution in [1.82, 2.24) is 9.97 Å². The first-order valence-electron chi connectivity index (χ1n) is 7.75. The fourth-order valence-electron chi connectivity index (χ4n) is 2.32. The van der Waals surface area contributed by atoms with Gasteiger partial charge in [0.2, 0.25) is 5.95 Å². The van der Waals surface area contributed by atoms with Gasteiger partial charge in [0, 0.05) is 30.0 Å². The first-order valence-corrected chi connectivity index (χ1v) is 8.13. The Labute approximate surface area is 137 Å². The Morgan fingerprint density at radius 2 is 1.86 bits per heavy atom. The molecular formula is C17H23ClN4. The molecule has 0 saturated heterocycles. The zero-order valence-electron chi connectivity index (χ0n) is 13.4. The van der Waals surface area contributed by atoms with Crippen LogP contribution in [0.25, 0.3) is 0 Å². The summed E-state index contributed by atoms with van der Waals surface area (Å²) in [6.07, 6.45) is 3.99. The minimum atomic E-state index is 0.597. The van der Waals surface area contributed by atoms with Crippen molar-refractivity contribution < 1.29 is 0 Å². The van der Waals surface area contributed by atoms with Crippen molar-refractivity contribution in [1.29, 1.82) is 0 Å². The van der Waals surface area contributed by atoms with Crippen molar-refractivity contribution in [3.63, 3.8) is 0 Å². The average molecular weight is 319 g/mol. The molecule has 5 heteroatoms. The molecular weight excluding hydrogens is 296 g/mol. The Morgan fingerprint density at radius 1 is 1.14 bits per heavy atom. The van der Waals surface area contributed by atoms with Gasteiger partial charge in [-0.05, 0) is 43.5 Å². The van der Waals surface area contributed by atoms with E-state index in [-0.39, 0.29) is 0 Å². The second-order valence-corrected chi connectivity index (χ2v) is 5.75. The van der Waals surface area contributed by atoms with Gasteiger partial charge in [-0.15, -0.1) is 0 Å². The van der Waals surface area contributed by atoms with Crippen LogP contribution in [0.4, 0.5) is 17.5 Å². The van der Waals surface area contributed by atoms with Crippen molar-refractivity contribution in [3.8, 4) is 0 Å². The van der Waals surface area contributed by atoms with E-state index >= 15 is 0 Å². The van der Waals surface area contributed by atoms with E-state index in [9.17, 15) is 0 Å². The van der Waals surface area contributed by atoms with Gasteiger partial charge in [0.05, 0.1) is 0 Å².